The zero-order valence-electron chi connectivity index (χ0n) is 9.70. The van der Waals surface area contributed by atoms with Gasteiger partial charge in [0, 0.05) is 23.3 Å². The van der Waals surface area contributed by atoms with E-state index < -0.39 is 4.92 Å². The lowest BCUT2D eigenvalue weighted by Crippen LogP contribution is -2.02. The second-order valence-corrected chi connectivity index (χ2v) is 3.88. The van der Waals surface area contributed by atoms with Crippen LogP contribution >= 0.6 is 0 Å². The van der Waals surface area contributed by atoms with Gasteiger partial charge in [0.05, 0.1) is 10.6 Å². The van der Waals surface area contributed by atoms with Gasteiger partial charge in [-0.3, -0.25) is 15.5 Å². The van der Waals surface area contributed by atoms with E-state index in [1.807, 2.05) is 0 Å². The van der Waals surface area contributed by atoms with Gasteiger partial charge in [0.2, 0.25) is 0 Å². The van der Waals surface area contributed by atoms with E-state index >= 15 is 0 Å². The van der Waals surface area contributed by atoms with E-state index in [1.54, 1.807) is 12.1 Å². The third-order valence-corrected chi connectivity index (χ3v) is 2.60. The molecule has 0 aliphatic carbocycles. The number of rotatable bonds is 3. The van der Waals surface area contributed by atoms with Crippen molar-refractivity contribution in [2.24, 2.45) is 0 Å². The number of nitro benzene ring substituents is 1. The molecule has 0 aliphatic heterocycles. The standard InChI is InChI=1S/C13H10N2O4/c14-13(8-2-1-3-10(16)6-8)11-7-9(15(18)19)4-5-12(11)17/h1-7,14,16-17H. The van der Waals surface area contributed by atoms with Crippen LogP contribution in [-0.4, -0.2) is 20.8 Å². The average molecular weight is 258 g/mol. The summed E-state index contributed by atoms with van der Waals surface area (Å²) in [5.74, 6) is -0.244. The van der Waals surface area contributed by atoms with Crippen molar-refractivity contribution >= 4 is 11.4 Å². The first kappa shape index (κ1) is 12.6. The van der Waals surface area contributed by atoms with Crippen LogP contribution in [0.3, 0.4) is 0 Å². The van der Waals surface area contributed by atoms with Gasteiger partial charge in [-0.05, 0) is 18.2 Å². The Balaban J connectivity index is 2.49. The number of hydrogen-bond acceptors (Lipinski definition) is 5. The summed E-state index contributed by atoms with van der Waals surface area (Å²) < 4.78 is 0. The van der Waals surface area contributed by atoms with Crippen LogP contribution in [-0.2, 0) is 0 Å². The molecule has 2 rings (SSSR count). The van der Waals surface area contributed by atoms with Crippen LogP contribution < -0.4 is 0 Å². The Morgan fingerprint density at radius 2 is 1.89 bits per heavy atom. The largest absolute Gasteiger partial charge is 0.508 e. The molecule has 0 saturated heterocycles. The maximum atomic E-state index is 10.7. The van der Waals surface area contributed by atoms with Crippen LogP contribution in [0.25, 0.3) is 0 Å². The van der Waals surface area contributed by atoms with Crippen molar-refractivity contribution in [2.75, 3.05) is 0 Å². The van der Waals surface area contributed by atoms with E-state index in [1.165, 1.54) is 18.2 Å². The number of aromatic hydroxyl groups is 2. The summed E-state index contributed by atoms with van der Waals surface area (Å²) in [6.45, 7) is 0. The molecule has 0 fully saturated rings. The lowest BCUT2D eigenvalue weighted by atomic mass is 10.0. The zero-order valence-corrected chi connectivity index (χ0v) is 9.70. The Bertz CT molecular complexity index is 667. The predicted octanol–water partition coefficient (Wildman–Crippen LogP) is 2.42. The van der Waals surface area contributed by atoms with Crippen molar-refractivity contribution in [3.63, 3.8) is 0 Å². The van der Waals surface area contributed by atoms with Gasteiger partial charge in [0.15, 0.2) is 0 Å². The molecule has 0 spiro atoms. The fourth-order valence-electron chi connectivity index (χ4n) is 1.65. The molecule has 0 amide bonds. The van der Waals surface area contributed by atoms with E-state index in [4.69, 9.17) is 5.41 Å². The highest BCUT2D eigenvalue weighted by molar-refractivity contribution is 6.12. The van der Waals surface area contributed by atoms with Crippen molar-refractivity contribution in [3.05, 3.63) is 63.7 Å². The number of nitrogens with zero attached hydrogens (tertiary/aromatic N) is 1. The van der Waals surface area contributed by atoms with Crippen LogP contribution in [0.5, 0.6) is 11.5 Å². The molecule has 6 heteroatoms. The fourth-order valence-corrected chi connectivity index (χ4v) is 1.65. The number of nitro groups is 1. The van der Waals surface area contributed by atoms with Crippen LogP contribution in [0, 0.1) is 15.5 Å². The molecule has 0 aliphatic rings. The quantitative estimate of drug-likeness (QED) is 0.446. The Morgan fingerprint density at radius 3 is 2.53 bits per heavy atom. The highest BCUT2D eigenvalue weighted by Gasteiger charge is 2.15. The average Bonchev–Trinajstić information content (AvgIpc) is 2.38. The van der Waals surface area contributed by atoms with Crippen molar-refractivity contribution in [2.45, 2.75) is 0 Å². The van der Waals surface area contributed by atoms with Gasteiger partial charge in [-0.25, -0.2) is 0 Å². The lowest BCUT2D eigenvalue weighted by molar-refractivity contribution is -0.384. The highest BCUT2D eigenvalue weighted by Crippen LogP contribution is 2.26. The molecule has 96 valence electrons. The molecule has 3 N–H and O–H groups in total. The van der Waals surface area contributed by atoms with Crippen molar-refractivity contribution < 1.29 is 15.1 Å². The Hall–Kier alpha value is -2.89. The van der Waals surface area contributed by atoms with Gasteiger partial charge in [-0.2, -0.15) is 0 Å². The highest BCUT2D eigenvalue weighted by atomic mass is 16.6. The number of nitrogens with one attached hydrogen (secondary N) is 1. The minimum absolute atomic E-state index is 0.0211. The number of hydrogen-bond donors (Lipinski definition) is 3. The summed E-state index contributed by atoms with van der Waals surface area (Å²) in [5.41, 5.74) is 0.0883. The topological polar surface area (TPSA) is 107 Å². The lowest BCUT2D eigenvalue weighted by Gasteiger charge is -2.07. The molecule has 0 heterocycles. The summed E-state index contributed by atoms with van der Waals surface area (Å²) in [7, 11) is 0. The summed E-state index contributed by atoms with van der Waals surface area (Å²) in [4.78, 5) is 10.1. The number of phenolic OH excluding ortho intramolecular Hbond substituents is 2. The van der Waals surface area contributed by atoms with Crippen LogP contribution in [0.1, 0.15) is 11.1 Å². The first-order chi connectivity index (χ1) is 8.99. The summed E-state index contributed by atoms with van der Waals surface area (Å²) in [5, 5.41) is 37.7. The third kappa shape index (κ3) is 2.52. The Morgan fingerprint density at radius 1 is 1.16 bits per heavy atom. The molecular weight excluding hydrogens is 248 g/mol. The van der Waals surface area contributed by atoms with E-state index in [9.17, 15) is 20.3 Å². The zero-order chi connectivity index (χ0) is 14.0. The second-order valence-electron chi connectivity index (χ2n) is 3.88. The van der Waals surface area contributed by atoms with Crippen LogP contribution in [0.2, 0.25) is 0 Å². The maximum Gasteiger partial charge on any atom is 0.270 e. The van der Waals surface area contributed by atoms with Gasteiger partial charge >= 0.3 is 0 Å². The van der Waals surface area contributed by atoms with Crippen molar-refractivity contribution in [3.8, 4) is 11.5 Å². The molecule has 2 aromatic rings. The van der Waals surface area contributed by atoms with E-state index in [0.717, 1.165) is 12.1 Å². The van der Waals surface area contributed by atoms with Gasteiger partial charge in [-0.1, -0.05) is 12.1 Å². The van der Waals surface area contributed by atoms with E-state index in [-0.39, 0.29) is 28.5 Å². The van der Waals surface area contributed by atoms with Crippen LogP contribution in [0.15, 0.2) is 42.5 Å². The van der Waals surface area contributed by atoms with Crippen molar-refractivity contribution in [1.82, 2.24) is 0 Å². The molecule has 19 heavy (non-hydrogen) atoms. The predicted molar refractivity (Wildman–Crippen MR) is 68.8 cm³/mol. The number of benzene rings is 2. The molecule has 0 aromatic heterocycles. The van der Waals surface area contributed by atoms with E-state index in [0.29, 0.717) is 5.56 Å². The van der Waals surface area contributed by atoms with Crippen molar-refractivity contribution in [1.29, 1.82) is 5.41 Å². The van der Waals surface area contributed by atoms with Gasteiger partial charge in [0.1, 0.15) is 11.5 Å². The van der Waals surface area contributed by atoms with Gasteiger partial charge in [-0.15, -0.1) is 0 Å². The summed E-state index contributed by atoms with van der Waals surface area (Å²) >= 11 is 0. The minimum Gasteiger partial charge on any atom is -0.508 e. The molecular formula is C13H10N2O4. The first-order valence-corrected chi connectivity index (χ1v) is 5.35. The summed E-state index contributed by atoms with van der Waals surface area (Å²) in [6.07, 6.45) is 0. The normalized spacial score (nSPS) is 10.1. The number of phenols is 2. The molecule has 0 unspecified atom stereocenters. The van der Waals surface area contributed by atoms with Gasteiger partial charge in [0.25, 0.3) is 5.69 Å². The monoisotopic (exact) mass is 258 g/mol. The van der Waals surface area contributed by atoms with E-state index in [2.05, 4.69) is 0 Å². The fraction of sp³-hybridized carbons (Fsp3) is 0. The molecule has 0 bridgehead atoms. The molecule has 0 saturated carbocycles. The molecule has 2 aromatic carbocycles. The van der Waals surface area contributed by atoms with Gasteiger partial charge < -0.3 is 10.2 Å². The minimum atomic E-state index is -0.599. The maximum absolute atomic E-state index is 10.7. The molecule has 0 atom stereocenters. The summed E-state index contributed by atoms with van der Waals surface area (Å²) in [6, 6.07) is 9.37. The Labute approximate surface area is 108 Å². The molecule has 0 radical (unpaired) electrons. The third-order valence-electron chi connectivity index (χ3n) is 2.60. The molecule has 6 nitrogen and oxygen atoms in total. The SMILES string of the molecule is N=C(c1cccc(O)c1)c1cc([N+](=O)[O-])ccc1O. The smallest absolute Gasteiger partial charge is 0.270 e. The van der Waals surface area contributed by atoms with Crippen LogP contribution in [0.4, 0.5) is 5.69 Å². The number of non-ortho nitro benzene ring substituents is 1. The second kappa shape index (κ2) is 4.77. The Kier molecular flexibility index (Phi) is 3.15. The first-order valence-electron chi connectivity index (χ1n) is 5.35.